The quantitative estimate of drug-likeness (QED) is 0.579. The molecule has 4 aliphatic rings. The molecule has 2 fully saturated rings. The minimum atomic E-state index is -1.24. The van der Waals surface area contributed by atoms with Gasteiger partial charge in [0, 0.05) is 31.7 Å². The van der Waals surface area contributed by atoms with Crippen molar-refractivity contribution < 1.29 is 24.2 Å². The van der Waals surface area contributed by atoms with Gasteiger partial charge in [-0.05, 0) is 32.1 Å². The van der Waals surface area contributed by atoms with Gasteiger partial charge in [-0.1, -0.05) is 52.0 Å². The zero-order chi connectivity index (χ0) is 25.8. The van der Waals surface area contributed by atoms with Crippen LogP contribution in [0.15, 0.2) is 24.3 Å². The number of rotatable bonds is 6. The van der Waals surface area contributed by atoms with Gasteiger partial charge in [0.1, 0.15) is 11.6 Å². The normalized spacial score (nSPS) is 33.1. The first kappa shape index (κ1) is 25.9. The molecule has 0 aromatic rings. The van der Waals surface area contributed by atoms with Crippen LogP contribution in [0.1, 0.15) is 54.4 Å². The molecule has 4 aliphatic heterocycles. The van der Waals surface area contributed by atoms with Crippen molar-refractivity contribution in [2.24, 2.45) is 17.3 Å². The second-order valence-electron chi connectivity index (χ2n) is 12.2. The molecule has 0 saturated carbocycles. The second kappa shape index (κ2) is 9.04. The van der Waals surface area contributed by atoms with Crippen molar-refractivity contribution in [3.8, 4) is 0 Å². The fourth-order valence-electron chi connectivity index (χ4n) is 6.95. The summed E-state index contributed by atoms with van der Waals surface area (Å²) in [5, 5.41) is 9.81. The molecule has 0 aromatic carbocycles. The number of β-amino-alcohol motifs (C(OH)–C–C–N with tert-alkyl or cyclic N) is 1. The first-order chi connectivity index (χ1) is 16.4. The van der Waals surface area contributed by atoms with Crippen LogP contribution in [0.4, 0.5) is 0 Å². The molecule has 194 valence electrons. The van der Waals surface area contributed by atoms with E-state index in [4.69, 9.17) is 4.74 Å². The minimum absolute atomic E-state index is 0.00664. The second-order valence-corrected chi connectivity index (χ2v) is 12.2. The summed E-state index contributed by atoms with van der Waals surface area (Å²) in [6, 6.07) is -0.919. The van der Waals surface area contributed by atoms with E-state index in [2.05, 4.69) is 34.6 Å². The standard InChI is InChI=1S/C27H41N3O5/c1-7-12-28-13-8-10-18-19(22(28)32)20-23(33)29(15-16-31)21-24(34)30(14-9-11-27(20,21)35-18)26(5,6)17-25(2,3)4/h8-11,18-21,31H,7,12-17H2,1-6H3/t18-,19+,20+,21?,27+/m1/s1. The Hall–Kier alpha value is -2.19. The number of aliphatic hydroxyl groups excluding tert-OH is 1. The summed E-state index contributed by atoms with van der Waals surface area (Å²) in [5.41, 5.74) is -1.71. The van der Waals surface area contributed by atoms with E-state index >= 15 is 0 Å². The number of ether oxygens (including phenoxy) is 1. The third-order valence-electron chi connectivity index (χ3n) is 7.77. The highest BCUT2D eigenvalue weighted by atomic mass is 16.5. The van der Waals surface area contributed by atoms with Crippen molar-refractivity contribution in [1.29, 1.82) is 0 Å². The predicted octanol–water partition coefficient (Wildman–Crippen LogP) is 1.98. The molecule has 3 amide bonds. The average Bonchev–Trinajstić information content (AvgIpc) is 3.04. The van der Waals surface area contributed by atoms with E-state index in [1.807, 2.05) is 36.1 Å². The van der Waals surface area contributed by atoms with E-state index in [0.29, 0.717) is 19.6 Å². The van der Waals surface area contributed by atoms with Gasteiger partial charge in [0.05, 0.1) is 24.5 Å². The number of likely N-dealkylation sites (tertiary alicyclic amines) is 1. The van der Waals surface area contributed by atoms with Gasteiger partial charge in [0.25, 0.3) is 0 Å². The van der Waals surface area contributed by atoms with Crippen molar-refractivity contribution in [1.82, 2.24) is 14.7 Å². The maximum absolute atomic E-state index is 14.3. The summed E-state index contributed by atoms with van der Waals surface area (Å²) in [5.74, 6) is -2.07. The van der Waals surface area contributed by atoms with Crippen LogP contribution in [0.5, 0.6) is 0 Å². The Morgan fingerprint density at radius 1 is 1.03 bits per heavy atom. The summed E-state index contributed by atoms with van der Waals surface area (Å²) >= 11 is 0. The van der Waals surface area contributed by atoms with E-state index in [9.17, 15) is 19.5 Å². The Bertz CT molecular complexity index is 936. The van der Waals surface area contributed by atoms with E-state index in [0.717, 1.165) is 12.8 Å². The van der Waals surface area contributed by atoms with Crippen molar-refractivity contribution in [2.45, 2.75) is 77.7 Å². The Morgan fingerprint density at radius 3 is 2.37 bits per heavy atom. The largest absolute Gasteiger partial charge is 0.395 e. The summed E-state index contributed by atoms with van der Waals surface area (Å²) < 4.78 is 6.60. The van der Waals surface area contributed by atoms with Crippen LogP contribution >= 0.6 is 0 Å². The van der Waals surface area contributed by atoms with E-state index in [1.54, 1.807) is 4.90 Å². The molecule has 0 aliphatic carbocycles. The van der Waals surface area contributed by atoms with E-state index in [-0.39, 0.29) is 36.3 Å². The van der Waals surface area contributed by atoms with Crippen molar-refractivity contribution in [2.75, 3.05) is 32.8 Å². The molecule has 35 heavy (non-hydrogen) atoms. The van der Waals surface area contributed by atoms with E-state index < -0.39 is 35.1 Å². The van der Waals surface area contributed by atoms with Gasteiger partial charge < -0.3 is 24.5 Å². The van der Waals surface area contributed by atoms with Crippen LogP contribution < -0.4 is 0 Å². The van der Waals surface area contributed by atoms with Gasteiger partial charge >= 0.3 is 0 Å². The van der Waals surface area contributed by atoms with Crippen molar-refractivity contribution in [3.63, 3.8) is 0 Å². The Balaban J connectivity index is 1.78. The van der Waals surface area contributed by atoms with Crippen LogP contribution in [0.2, 0.25) is 0 Å². The summed E-state index contributed by atoms with van der Waals surface area (Å²) in [6.45, 7) is 13.8. The number of carbonyl (C=O) groups excluding carboxylic acids is 3. The highest BCUT2D eigenvalue weighted by molar-refractivity contribution is 6.00. The fraction of sp³-hybridized carbons (Fsp3) is 0.741. The lowest BCUT2D eigenvalue weighted by atomic mass is 9.77. The Morgan fingerprint density at radius 2 is 1.74 bits per heavy atom. The number of carbonyl (C=O) groups is 3. The minimum Gasteiger partial charge on any atom is -0.395 e. The molecule has 4 heterocycles. The van der Waals surface area contributed by atoms with Gasteiger partial charge in [-0.25, -0.2) is 0 Å². The highest BCUT2D eigenvalue weighted by Gasteiger charge is 2.72. The molecular formula is C27H41N3O5. The van der Waals surface area contributed by atoms with Gasteiger partial charge in [0.2, 0.25) is 17.7 Å². The number of nitrogens with zero attached hydrogens (tertiary/aromatic N) is 3. The lowest BCUT2D eigenvalue weighted by Crippen LogP contribution is -2.60. The first-order valence-corrected chi connectivity index (χ1v) is 12.9. The molecule has 1 unspecified atom stereocenters. The molecule has 8 heteroatoms. The lowest BCUT2D eigenvalue weighted by Gasteiger charge is -2.44. The zero-order valence-electron chi connectivity index (χ0n) is 22.0. The molecule has 0 radical (unpaired) electrons. The van der Waals surface area contributed by atoms with Crippen LogP contribution in [0, 0.1) is 17.3 Å². The molecule has 2 saturated heterocycles. The lowest BCUT2D eigenvalue weighted by molar-refractivity contribution is -0.152. The maximum atomic E-state index is 14.3. The molecule has 1 N–H and O–H groups in total. The highest BCUT2D eigenvalue weighted by Crippen LogP contribution is 2.53. The number of aliphatic hydroxyl groups is 1. The molecule has 0 aromatic heterocycles. The maximum Gasteiger partial charge on any atom is 0.249 e. The monoisotopic (exact) mass is 487 g/mol. The summed E-state index contributed by atoms with van der Waals surface area (Å²) in [6.07, 6.45) is 8.63. The van der Waals surface area contributed by atoms with Gasteiger partial charge in [-0.3, -0.25) is 14.4 Å². The summed E-state index contributed by atoms with van der Waals surface area (Å²) in [7, 11) is 0. The number of amides is 3. The van der Waals surface area contributed by atoms with Crippen molar-refractivity contribution in [3.05, 3.63) is 24.3 Å². The molecule has 1 spiro atoms. The van der Waals surface area contributed by atoms with Crippen LogP contribution in [-0.4, -0.2) is 93.6 Å². The van der Waals surface area contributed by atoms with Crippen molar-refractivity contribution >= 4 is 17.7 Å². The van der Waals surface area contributed by atoms with Gasteiger partial charge in [0.15, 0.2) is 0 Å². The summed E-state index contributed by atoms with van der Waals surface area (Å²) in [4.78, 5) is 46.9. The molecule has 8 nitrogen and oxygen atoms in total. The topological polar surface area (TPSA) is 90.4 Å². The molecule has 0 bridgehead atoms. The number of hydrogen-bond acceptors (Lipinski definition) is 5. The molecular weight excluding hydrogens is 446 g/mol. The number of fused-ring (bicyclic) bond motifs is 2. The molecule has 4 rings (SSSR count). The van der Waals surface area contributed by atoms with Gasteiger partial charge in [-0.2, -0.15) is 0 Å². The first-order valence-electron chi connectivity index (χ1n) is 12.9. The van der Waals surface area contributed by atoms with E-state index in [1.165, 1.54) is 4.90 Å². The van der Waals surface area contributed by atoms with Gasteiger partial charge in [-0.15, -0.1) is 0 Å². The SMILES string of the molecule is CCCN1CC=C[C@H]2O[C@]34C=CCN(C(C)(C)CC(C)(C)C)C(=O)C3N(CCO)C(=O)[C@@H]4[C@H]2C1=O. The predicted molar refractivity (Wildman–Crippen MR) is 132 cm³/mol. The van der Waals surface area contributed by atoms with Crippen LogP contribution in [0.3, 0.4) is 0 Å². The number of hydrogen-bond donors (Lipinski definition) is 1. The smallest absolute Gasteiger partial charge is 0.249 e. The Kier molecular flexibility index (Phi) is 6.68. The molecule has 5 atom stereocenters. The third kappa shape index (κ3) is 4.22. The van der Waals surface area contributed by atoms with Crippen LogP contribution in [0.25, 0.3) is 0 Å². The Labute approximate surface area is 208 Å². The fourth-order valence-corrected chi connectivity index (χ4v) is 6.95. The average molecular weight is 488 g/mol. The third-order valence-corrected chi connectivity index (χ3v) is 7.77. The zero-order valence-corrected chi connectivity index (χ0v) is 22.0. The van der Waals surface area contributed by atoms with Crippen LogP contribution in [-0.2, 0) is 19.1 Å².